The molecule has 0 aliphatic carbocycles. The molecule has 0 saturated heterocycles. The van der Waals surface area contributed by atoms with E-state index in [1.807, 2.05) is 43.3 Å². The van der Waals surface area contributed by atoms with E-state index in [9.17, 15) is 18.3 Å². The van der Waals surface area contributed by atoms with Gasteiger partial charge in [-0.15, -0.1) is 5.92 Å². The number of aromatic nitrogens is 2. The number of rotatable bonds is 10. The van der Waals surface area contributed by atoms with Crippen LogP contribution in [0, 0.1) is 18.8 Å². The number of ether oxygens (including phenoxy) is 1. The van der Waals surface area contributed by atoms with E-state index in [1.165, 1.54) is 24.3 Å². The molecular weight excluding hydrogens is 490 g/mol. The van der Waals surface area contributed by atoms with Gasteiger partial charge in [-0.05, 0) is 61.4 Å². The first-order chi connectivity index (χ1) is 17.8. The minimum Gasteiger partial charge on any atom is -0.481 e. The van der Waals surface area contributed by atoms with E-state index in [2.05, 4.69) is 26.1 Å². The van der Waals surface area contributed by atoms with E-state index in [1.54, 1.807) is 19.3 Å². The van der Waals surface area contributed by atoms with E-state index in [4.69, 9.17) is 4.74 Å². The van der Waals surface area contributed by atoms with Crippen molar-refractivity contribution in [3.8, 4) is 17.6 Å². The Bertz CT molecular complexity index is 1570. The van der Waals surface area contributed by atoms with Gasteiger partial charge in [0.05, 0.1) is 4.90 Å². The monoisotopic (exact) mass is 517 g/mol. The van der Waals surface area contributed by atoms with Crippen LogP contribution in [0.3, 0.4) is 0 Å². The molecule has 37 heavy (non-hydrogen) atoms. The highest BCUT2D eigenvalue weighted by molar-refractivity contribution is 7.89. The third-order valence-electron chi connectivity index (χ3n) is 6.05. The zero-order chi connectivity index (χ0) is 26.4. The zero-order valence-corrected chi connectivity index (χ0v) is 21.3. The Kier molecular flexibility index (Phi) is 7.92. The van der Waals surface area contributed by atoms with E-state index in [0.717, 1.165) is 27.7 Å². The average molecular weight is 518 g/mol. The lowest BCUT2D eigenvalue weighted by Gasteiger charge is -2.16. The Morgan fingerprint density at radius 3 is 2.57 bits per heavy atom. The van der Waals surface area contributed by atoms with Gasteiger partial charge in [0.2, 0.25) is 10.0 Å². The second kappa shape index (κ2) is 11.3. The van der Waals surface area contributed by atoms with Crippen molar-refractivity contribution in [1.29, 1.82) is 0 Å². The van der Waals surface area contributed by atoms with Crippen LogP contribution in [-0.2, 0) is 27.8 Å². The number of carboxylic acid groups (broad SMARTS) is 1. The maximum absolute atomic E-state index is 13.1. The van der Waals surface area contributed by atoms with Crippen LogP contribution in [-0.4, -0.2) is 41.7 Å². The number of carbonyl (C=O) groups is 1. The number of fused-ring (bicyclic) bond motifs is 1. The van der Waals surface area contributed by atoms with Gasteiger partial charge in [0.25, 0.3) is 0 Å². The largest absolute Gasteiger partial charge is 0.481 e. The van der Waals surface area contributed by atoms with Gasteiger partial charge >= 0.3 is 5.97 Å². The van der Waals surface area contributed by atoms with Gasteiger partial charge in [0, 0.05) is 42.0 Å². The summed E-state index contributed by atoms with van der Waals surface area (Å²) < 4.78 is 36.0. The molecular formula is C28H27N3O5S. The first-order valence-electron chi connectivity index (χ1n) is 11.6. The zero-order valence-electron chi connectivity index (χ0n) is 20.5. The van der Waals surface area contributed by atoms with Gasteiger partial charge in [-0.1, -0.05) is 30.2 Å². The van der Waals surface area contributed by atoms with E-state index >= 15 is 0 Å². The normalized spacial score (nSPS) is 12.1. The Balaban J connectivity index is 1.61. The van der Waals surface area contributed by atoms with Crippen LogP contribution < -0.4 is 9.46 Å². The van der Waals surface area contributed by atoms with Gasteiger partial charge < -0.3 is 14.4 Å². The third kappa shape index (κ3) is 6.00. The number of pyridine rings is 1. The first-order valence-corrected chi connectivity index (χ1v) is 13.1. The predicted octanol–water partition coefficient (Wildman–Crippen LogP) is 3.77. The molecule has 2 aromatic carbocycles. The number of nitrogens with one attached hydrogen (secondary N) is 1. The van der Waals surface area contributed by atoms with Crippen molar-refractivity contribution in [1.82, 2.24) is 14.3 Å². The number of benzene rings is 2. The molecule has 0 spiro atoms. The Morgan fingerprint density at radius 1 is 1.14 bits per heavy atom. The molecule has 0 fully saturated rings. The van der Waals surface area contributed by atoms with Crippen LogP contribution in [0.5, 0.6) is 5.75 Å². The molecule has 1 atom stereocenters. The molecule has 8 nitrogen and oxygen atoms in total. The van der Waals surface area contributed by atoms with Gasteiger partial charge in [-0.25, -0.2) is 8.42 Å². The quantitative estimate of drug-likeness (QED) is 0.310. The van der Waals surface area contributed by atoms with Crippen LogP contribution in [0.25, 0.3) is 10.9 Å². The highest BCUT2D eigenvalue weighted by atomic mass is 32.2. The summed E-state index contributed by atoms with van der Waals surface area (Å²) in [7, 11) is -4.10. The van der Waals surface area contributed by atoms with Crippen molar-refractivity contribution in [2.45, 2.75) is 37.8 Å². The van der Waals surface area contributed by atoms with Crippen molar-refractivity contribution in [2.75, 3.05) is 6.61 Å². The Labute approximate surface area is 216 Å². The standard InChI is InChI=1S/C28H27N3O5S/c1-3-4-16-36-22-11-13-23(14-12-22)37(34,35)30-26(28(32)33)17-25-20(2)31(19-21-8-7-15-29-18-21)27-10-6-5-9-24(25)27/h5-15,18,26,30H,16-17,19H2,1-2H3,(H,32,33). The second-order valence-electron chi connectivity index (χ2n) is 8.43. The molecule has 0 aliphatic heterocycles. The van der Waals surface area contributed by atoms with Crippen LogP contribution in [0.2, 0.25) is 0 Å². The number of hydrogen-bond donors (Lipinski definition) is 2. The molecule has 0 aliphatic rings. The summed E-state index contributed by atoms with van der Waals surface area (Å²) in [6.07, 6.45) is 3.48. The topological polar surface area (TPSA) is 111 Å². The summed E-state index contributed by atoms with van der Waals surface area (Å²) in [6.45, 7) is 4.36. The highest BCUT2D eigenvalue weighted by Crippen LogP contribution is 2.28. The molecule has 1 unspecified atom stereocenters. The van der Waals surface area contributed by atoms with Gasteiger partial charge in [0.15, 0.2) is 0 Å². The number of carboxylic acids is 1. The van der Waals surface area contributed by atoms with E-state index in [-0.39, 0.29) is 17.9 Å². The second-order valence-corrected chi connectivity index (χ2v) is 10.1. The predicted molar refractivity (Wildman–Crippen MR) is 141 cm³/mol. The van der Waals surface area contributed by atoms with E-state index in [0.29, 0.717) is 12.3 Å². The molecule has 0 amide bonds. The average Bonchev–Trinajstić information content (AvgIpc) is 3.15. The first kappa shape index (κ1) is 25.9. The number of sulfonamides is 1. The molecule has 9 heteroatoms. The lowest BCUT2D eigenvalue weighted by atomic mass is 10.0. The molecule has 4 aromatic rings. The summed E-state index contributed by atoms with van der Waals surface area (Å²) in [6, 6.07) is 16.0. The Morgan fingerprint density at radius 2 is 1.89 bits per heavy atom. The molecule has 2 heterocycles. The number of nitrogens with zero attached hydrogens (tertiary/aromatic N) is 2. The van der Waals surface area contributed by atoms with Crippen molar-refractivity contribution >= 4 is 26.9 Å². The maximum atomic E-state index is 13.1. The molecule has 190 valence electrons. The van der Waals surface area contributed by atoms with Crippen molar-refractivity contribution in [3.63, 3.8) is 0 Å². The molecule has 2 N–H and O–H groups in total. The van der Waals surface area contributed by atoms with Crippen LogP contribution in [0.15, 0.2) is 78.0 Å². The minimum absolute atomic E-state index is 0.0160. The lowest BCUT2D eigenvalue weighted by Crippen LogP contribution is -2.42. The lowest BCUT2D eigenvalue weighted by molar-refractivity contribution is -0.138. The minimum atomic E-state index is -4.10. The molecule has 4 rings (SSSR count). The van der Waals surface area contributed by atoms with Crippen molar-refractivity contribution in [3.05, 3.63) is 89.9 Å². The summed E-state index contributed by atoms with van der Waals surface area (Å²) in [4.78, 5) is 16.3. The van der Waals surface area contributed by atoms with Gasteiger partial charge in [-0.2, -0.15) is 4.72 Å². The fourth-order valence-corrected chi connectivity index (χ4v) is 5.37. The summed E-state index contributed by atoms with van der Waals surface area (Å²) in [5, 5.41) is 10.8. The summed E-state index contributed by atoms with van der Waals surface area (Å²) in [5.41, 5.74) is 3.58. The number of hydrogen-bond acceptors (Lipinski definition) is 5. The van der Waals surface area contributed by atoms with Crippen LogP contribution >= 0.6 is 0 Å². The third-order valence-corrected chi connectivity index (χ3v) is 7.54. The van der Waals surface area contributed by atoms with Crippen LogP contribution in [0.4, 0.5) is 0 Å². The van der Waals surface area contributed by atoms with Gasteiger partial charge in [-0.3, -0.25) is 9.78 Å². The number of aliphatic carboxylic acids is 1. The summed E-state index contributed by atoms with van der Waals surface area (Å²) in [5.74, 6) is 4.68. The maximum Gasteiger partial charge on any atom is 0.322 e. The SMILES string of the molecule is CC#CCOc1ccc(S(=O)(=O)NC(Cc2c(C)n(Cc3cccnc3)c3ccccc23)C(=O)O)cc1. The van der Waals surface area contributed by atoms with Crippen LogP contribution in [0.1, 0.15) is 23.7 Å². The fourth-order valence-electron chi connectivity index (χ4n) is 4.18. The molecule has 0 radical (unpaired) electrons. The van der Waals surface area contributed by atoms with E-state index < -0.39 is 22.0 Å². The molecule has 0 saturated carbocycles. The molecule has 2 aromatic heterocycles. The number of para-hydroxylation sites is 1. The fraction of sp³-hybridized carbons (Fsp3) is 0.214. The van der Waals surface area contributed by atoms with Crippen molar-refractivity contribution < 1.29 is 23.1 Å². The summed E-state index contributed by atoms with van der Waals surface area (Å²) >= 11 is 0. The van der Waals surface area contributed by atoms with Gasteiger partial charge in [0.1, 0.15) is 18.4 Å². The van der Waals surface area contributed by atoms with Crippen molar-refractivity contribution in [2.24, 2.45) is 0 Å². The highest BCUT2D eigenvalue weighted by Gasteiger charge is 2.28. The Hall–Kier alpha value is -4.13. The smallest absolute Gasteiger partial charge is 0.322 e. The molecule has 0 bridgehead atoms.